The third-order valence-corrected chi connectivity index (χ3v) is 5.86. The van der Waals surface area contributed by atoms with Crippen molar-refractivity contribution >= 4 is 29.1 Å². The van der Waals surface area contributed by atoms with E-state index in [9.17, 15) is 14.4 Å². The molecular formula is C18H21N5O4S. The van der Waals surface area contributed by atoms with E-state index in [2.05, 4.69) is 15.0 Å². The molecule has 0 atom stereocenters. The first-order valence-corrected chi connectivity index (χ1v) is 10.2. The topological polar surface area (TPSA) is 99.9 Å². The lowest BCUT2D eigenvalue weighted by Gasteiger charge is -2.34. The molecule has 2 saturated heterocycles. The summed E-state index contributed by atoms with van der Waals surface area (Å²) in [6, 6.07) is 3.90. The molecule has 0 aromatic carbocycles. The Morgan fingerprint density at radius 1 is 1.14 bits per heavy atom. The minimum absolute atomic E-state index is 0.0232. The van der Waals surface area contributed by atoms with Gasteiger partial charge in [-0.15, -0.1) is 11.3 Å². The summed E-state index contributed by atoms with van der Waals surface area (Å²) in [4.78, 5) is 46.2. The normalized spacial score (nSPS) is 18.3. The van der Waals surface area contributed by atoms with Gasteiger partial charge in [-0.3, -0.25) is 24.2 Å². The molecule has 3 amide bonds. The Kier molecular flexibility index (Phi) is 5.49. The Bertz CT molecular complexity index is 841. The summed E-state index contributed by atoms with van der Waals surface area (Å²) in [5, 5.41) is 5.98. The number of hydrogen-bond donors (Lipinski definition) is 0. The van der Waals surface area contributed by atoms with E-state index in [4.69, 9.17) is 4.52 Å². The molecule has 0 bridgehead atoms. The van der Waals surface area contributed by atoms with Crippen LogP contribution in [0.1, 0.15) is 25.2 Å². The van der Waals surface area contributed by atoms with E-state index in [-0.39, 0.29) is 43.5 Å². The molecule has 2 fully saturated rings. The molecule has 2 aliphatic heterocycles. The van der Waals surface area contributed by atoms with E-state index in [0.717, 1.165) is 4.88 Å². The van der Waals surface area contributed by atoms with Gasteiger partial charge in [0.25, 0.3) is 0 Å². The molecule has 28 heavy (non-hydrogen) atoms. The molecule has 0 spiro atoms. The molecule has 10 heteroatoms. The van der Waals surface area contributed by atoms with Crippen molar-refractivity contribution < 1.29 is 18.9 Å². The van der Waals surface area contributed by atoms with Crippen molar-refractivity contribution in [3.05, 3.63) is 23.4 Å². The lowest BCUT2D eigenvalue weighted by Crippen LogP contribution is -2.49. The van der Waals surface area contributed by atoms with Gasteiger partial charge in [0, 0.05) is 52.0 Å². The van der Waals surface area contributed by atoms with Crippen LogP contribution in [0, 0.1) is 0 Å². The van der Waals surface area contributed by atoms with E-state index in [1.165, 1.54) is 4.90 Å². The van der Waals surface area contributed by atoms with Gasteiger partial charge in [0.15, 0.2) is 0 Å². The number of carbonyl (C=O) groups is 3. The monoisotopic (exact) mass is 403 g/mol. The van der Waals surface area contributed by atoms with Crippen LogP contribution < -0.4 is 0 Å². The zero-order valence-electron chi connectivity index (χ0n) is 15.4. The van der Waals surface area contributed by atoms with Gasteiger partial charge in [-0.1, -0.05) is 11.2 Å². The van der Waals surface area contributed by atoms with Gasteiger partial charge in [-0.05, 0) is 11.4 Å². The number of hydrogen-bond acceptors (Lipinski definition) is 8. The van der Waals surface area contributed by atoms with Crippen molar-refractivity contribution in [3.63, 3.8) is 0 Å². The van der Waals surface area contributed by atoms with Gasteiger partial charge in [-0.2, -0.15) is 4.98 Å². The average molecular weight is 403 g/mol. The third kappa shape index (κ3) is 4.12. The lowest BCUT2D eigenvalue weighted by molar-refractivity contribution is -0.139. The Morgan fingerprint density at radius 3 is 2.57 bits per heavy atom. The van der Waals surface area contributed by atoms with Gasteiger partial charge < -0.3 is 9.42 Å². The van der Waals surface area contributed by atoms with Crippen molar-refractivity contribution in [2.24, 2.45) is 0 Å². The van der Waals surface area contributed by atoms with Gasteiger partial charge >= 0.3 is 0 Å². The summed E-state index contributed by atoms with van der Waals surface area (Å²) in [6.45, 7) is 3.37. The number of amides is 3. The van der Waals surface area contributed by atoms with Crippen LogP contribution >= 0.6 is 11.3 Å². The predicted molar refractivity (Wildman–Crippen MR) is 100 cm³/mol. The van der Waals surface area contributed by atoms with Crippen LogP contribution in [0.2, 0.25) is 0 Å². The fourth-order valence-electron chi connectivity index (χ4n) is 3.41. The van der Waals surface area contributed by atoms with E-state index in [0.29, 0.717) is 44.4 Å². The Labute approximate surface area is 165 Å². The molecule has 9 nitrogen and oxygen atoms in total. The first-order valence-electron chi connectivity index (χ1n) is 9.30. The summed E-state index contributed by atoms with van der Waals surface area (Å²) in [7, 11) is 0. The van der Waals surface area contributed by atoms with Gasteiger partial charge in [0.2, 0.25) is 29.4 Å². The summed E-state index contributed by atoms with van der Waals surface area (Å²) in [5.41, 5.74) is 0. The van der Waals surface area contributed by atoms with E-state index in [1.54, 1.807) is 16.2 Å². The molecule has 4 heterocycles. The zero-order valence-corrected chi connectivity index (χ0v) is 16.2. The highest BCUT2D eigenvalue weighted by molar-refractivity contribution is 7.13. The molecule has 0 radical (unpaired) electrons. The fourth-order valence-corrected chi connectivity index (χ4v) is 4.06. The van der Waals surface area contributed by atoms with Crippen molar-refractivity contribution in [2.75, 3.05) is 32.7 Å². The van der Waals surface area contributed by atoms with Crippen molar-refractivity contribution in [1.29, 1.82) is 0 Å². The van der Waals surface area contributed by atoms with Crippen LogP contribution in [0.25, 0.3) is 10.7 Å². The largest absolute Gasteiger partial charge is 0.340 e. The minimum atomic E-state index is -0.177. The molecule has 4 rings (SSSR count). The number of aromatic nitrogens is 2. The van der Waals surface area contributed by atoms with E-state index in [1.807, 2.05) is 17.5 Å². The highest BCUT2D eigenvalue weighted by atomic mass is 32.1. The summed E-state index contributed by atoms with van der Waals surface area (Å²) >= 11 is 1.56. The van der Waals surface area contributed by atoms with Crippen LogP contribution in [0.3, 0.4) is 0 Å². The quantitative estimate of drug-likeness (QED) is 0.663. The molecule has 0 N–H and O–H groups in total. The number of nitrogens with zero attached hydrogens (tertiary/aromatic N) is 5. The fraction of sp³-hybridized carbons (Fsp3) is 0.500. The van der Waals surface area contributed by atoms with Crippen LogP contribution in [-0.2, 0) is 20.9 Å². The second-order valence-electron chi connectivity index (χ2n) is 6.84. The van der Waals surface area contributed by atoms with Crippen molar-refractivity contribution in [1.82, 2.24) is 24.8 Å². The number of thiophene rings is 1. The highest BCUT2D eigenvalue weighted by Crippen LogP contribution is 2.21. The van der Waals surface area contributed by atoms with Crippen LogP contribution in [0.15, 0.2) is 22.0 Å². The number of piperazine rings is 1. The maximum Gasteiger partial charge on any atom is 0.241 e. The smallest absolute Gasteiger partial charge is 0.241 e. The van der Waals surface area contributed by atoms with Crippen LogP contribution in [0.5, 0.6) is 0 Å². The minimum Gasteiger partial charge on any atom is -0.340 e. The molecule has 148 valence electrons. The number of likely N-dealkylation sites (tertiary alicyclic amines) is 1. The summed E-state index contributed by atoms with van der Waals surface area (Å²) < 4.78 is 5.34. The zero-order chi connectivity index (χ0) is 19.5. The molecule has 0 saturated carbocycles. The highest BCUT2D eigenvalue weighted by Gasteiger charge is 2.30. The van der Waals surface area contributed by atoms with Crippen LogP contribution in [0.4, 0.5) is 0 Å². The molecule has 2 aromatic rings. The Hall–Kier alpha value is -2.59. The molecule has 0 aliphatic carbocycles. The third-order valence-electron chi connectivity index (χ3n) is 5.00. The first-order chi connectivity index (χ1) is 13.6. The molecule has 0 unspecified atom stereocenters. The maximum absolute atomic E-state index is 12.4. The predicted octanol–water partition coefficient (Wildman–Crippen LogP) is 0.981. The summed E-state index contributed by atoms with van der Waals surface area (Å²) in [5.74, 6) is 0.789. The van der Waals surface area contributed by atoms with Crippen LogP contribution in [-0.4, -0.2) is 75.3 Å². The first kappa shape index (κ1) is 18.8. The van der Waals surface area contributed by atoms with Gasteiger partial charge in [0.1, 0.15) is 0 Å². The van der Waals surface area contributed by atoms with Gasteiger partial charge in [0.05, 0.1) is 11.4 Å². The van der Waals surface area contributed by atoms with Gasteiger partial charge in [-0.25, -0.2) is 0 Å². The van der Waals surface area contributed by atoms with Crippen molar-refractivity contribution in [3.8, 4) is 10.7 Å². The lowest BCUT2D eigenvalue weighted by atomic mass is 10.2. The molecule has 2 aliphatic rings. The standard InChI is InChI=1S/C18H21N5O4S/c24-15(5-6-23-16(25)3-4-17(23)26)22-9-7-21(8-10-22)12-14-19-18(20-27-14)13-2-1-11-28-13/h1-2,11H,3-10,12H2. The van der Waals surface area contributed by atoms with E-state index >= 15 is 0 Å². The second kappa shape index (κ2) is 8.19. The summed E-state index contributed by atoms with van der Waals surface area (Å²) in [6.07, 6.45) is 0.705. The maximum atomic E-state index is 12.4. The Balaban J connectivity index is 1.23. The number of carbonyl (C=O) groups excluding carboxylic acids is 3. The van der Waals surface area contributed by atoms with Crippen molar-refractivity contribution in [2.45, 2.75) is 25.8 Å². The Morgan fingerprint density at radius 2 is 1.89 bits per heavy atom. The number of imide groups is 1. The SMILES string of the molecule is O=C(CCN1C(=O)CCC1=O)N1CCN(Cc2nc(-c3cccs3)no2)CC1. The molecular weight excluding hydrogens is 382 g/mol. The number of rotatable bonds is 6. The average Bonchev–Trinajstić information content (AvgIpc) is 3.43. The van der Waals surface area contributed by atoms with E-state index < -0.39 is 0 Å². The second-order valence-corrected chi connectivity index (χ2v) is 7.78. The molecule has 2 aromatic heterocycles.